The third kappa shape index (κ3) is 3.36. The highest BCUT2D eigenvalue weighted by Crippen LogP contribution is 2.31. The number of aryl methyl sites for hydroxylation is 1. The van der Waals surface area contributed by atoms with Gasteiger partial charge in [0, 0.05) is 24.1 Å². The van der Waals surface area contributed by atoms with Crippen molar-refractivity contribution < 1.29 is 4.79 Å². The lowest BCUT2D eigenvalue weighted by Gasteiger charge is -2.15. The van der Waals surface area contributed by atoms with Crippen molar-refractivity contribution in [2.24, 2.45) is 0 Å². The second-order valence-corrected chi connectivity index (χ2v) is 5.86. The molecule has 2 aromatic carbocycles. The Morgan fingerprint density at radius 1 is 1.19 bits per heavy atom. The van der Waals surface area contributed by atoms with E-state index in [0.29, 0.717) is 11.3 Å². The van der Waals surface area contributed by atoms with Crippen molar-refractivity contribution in [2.75, 3.05) is 25.1 Å². The first-order valence-electron chi connectivity index (χ1n) is 6.53. The molecule has 5 heteroatoms. The van der Waals surface area contributed by atoms with Crippen molar-refractivity contribution in [3.8, 4) is 0 Å². The number of carbonyl (C=O) groups excluding carboxylic acids is 1. The Morgan fingerprint density at radius 2 is 1.90 bits per heavy atom. The van der Waals surface area contributed by atoms with Crippen LogP contribution in [0.15, 0.2) is 40.9 Å². The topological polar surface area (TPSA) is 58.4 Å². The minimum atomic E-state index is -0.0648. The summed E-state index contributed by atoms with van der Waals surface area (Å²) in [6, 6.07) is 11.2. The quantitative estimate of drug-likeness (QED) is 0.830. The molecule has 0 atom stereocenters. The SMILES string of the molecule is Cc1cccc(Nc2ccc(C(=O)N(C)C)cc2N)c1Br. The molecule has 0 spiro atoms. The molecule has 0 aliphatic rings. The van der Waals surface area contributed by atoms with E-state index in [0.717, 1.165) is 21.4 Å². The lowest BCUT2D eigenvalue weighted by atomic mass is 10.1. The molecule has 0 heterocycles. The van der Waals surface area contributed by atoms with Crippen LogP contribution in [-0.4, -0.2) is 24.9 Å². The Hall–Kier alpha value is -2.01. The van der Waals surface area contributed by atoms with Crippen LogP contribution < -0.4 is 11.1 Å². The monoisotopic (exact) mass is 347 g/mol. The van der Waals surface area contributed by atoms with Crippen LogP contribution in [0.5, 0.6) is 0 Å². The van der Waals surface area contributed by atoms with Crippen molar-refractivity contribution in [3.05, 3.63) is 52.0 Å². The Bertz CT molecular complexity index is 683. The fourth-order valence-electron chi connectivity index (χ4n) is 1.96. The second kappa shape index (κ2) is 6.18. The number of halogens is 1. The van der Waals surface area contributed by atoms with Crippen molar-refractivity contribution in [1.82, 2.24) is 4.90 Å². The zero-order valence-corrected chi connectivity index (χ0v) is 13.9. The normalized spacial score (nSPS) is 10.3. The molecule has 0 radical (unpaired) electrons. The highest BCUT2D eigenvalue weighted by atomic mass is 79.9. The molecule has 0 aliphatic heterocycles. The first kappa shape index (κ1) is 15.4. The lowest BCUT2D eigenvalue weighted by Crippen LogP contribution is -2.21. The van der Waals surface area contributed by atoms with Crippen LogP contribution in [0.2, 0.25) is 0 Å². The van der Waals surface area contributed by atoms with Crippen LogP contribution in [0, 0.1) is 6.92 Å². The number of nitrogens with one attached hydrogen (secondary N) is 1. The van der Waals surface area contributed by atoms with Gasteiger partial charge in [-0.15, -0.1) is 0 Å². The van der Waals surface area contributed by atoms with Crippen LogP contribution in [0.25, 0.3) is 0 Å². The van der Waals surface area contributed by atoms with Gasteiger partial charge in [0.05, 0.1) is 17.1 Å². The highest BCUT2D eigenvalue weighted by Gasteiger charge is 2.11. The van der Waals surface area contributed by atoms with E-state index in [9.17, 15) is 4.79 Å². The Morgan fingerprint density at radius 3 is 2.52 bits per heavy atom. The Labute approximate surface area is 133 Å². The van der Waals surface area contributed by atoms with E-state index in [4.69, 9.17) is 5.73 Å². The zero-order chi connectivity index (χ0) is 15.6. The average molecular weight is 348 g/mol. The minimum Gasteiger partial charge on any atom is -0.397 e. The summed E-state index contributed by atoms with van der Waals surface area (Å²) < 4.78 is 0.998. The summed E-state index contributed by atoms with van der Waals surface area (Å²) >= 11 is 3.55. The molecule has 0 unspecified atom stereocenters. The molecule has 21 heavy (non-hydrogen) atoms. The van der Waals surface area contributed by atoms with Crippen molar-refractivity contribution in [2.45, 2.75) is 6.92 Å². The Kier molecular flexibility index (Phi) is 4.53. The number of amides is 1. The van der Waals surface area contributed by atoms with Gasteiger partial charge < -0.3 is 16.0 Å². The molecule has 3 N–H and O–H groups in total. The van der Waals surface area contributed by atoms with Gasteiger partial charge in [0.15, 0.2) is 0 Å². The van der Waals surface area contributed by atoms with Gasteiger partial charge in [-0.25, -0.2) is 0 Å². The van der Waals surface area contributed by atoms with Gasteiger partial charge in [0.25, 0.3) is 5.91 Å². The predicted molar refractivity (Wildman–Crippen MR) is 91.0 cm³/mol. The first-order valence-corrected chi connectivity index (χ1v) is 7.32. The molecule has 4 nitrogen and oxygen atoms in total. The average Bonchev–Trinajstić information content (AvgIpc) is 2.44. The summed E-state index contributed by atoms with van der Waals surface area (Å²) in [6.07, 6.45) is 0. The fourth-order valence-corrected chi connectivity index (χ4v) is 2.32. The molecule has 0 saturated carbocycles. The van der Waals surface area contributed by atoms with Crippen LogP contribution in [0.4, 0.5) is 17.1 Å². The van der Waals surface area contributed by atoms with E-state index in [1.165, 1.54) is 4.90 Å². The van der Waals surface area contributed by atoms with Crippen molar-refractivity contribution in [3.63, 3.8) is 0 Å². The number of rotatable bonds is 3. The van der Waals surface area contributed by atoms with E-state index < -0.39 is 0 Å². The number of nitrogen functional groups attached to an aromatic ring is 1. The third-order valence-corrected chi connectivity index (χ3v) is 4.22. The second-order valence-electron chi connectivity index (χ2n) is 5.06. The molecule has 0 saturated heterocycles. The smallest absolute Gasteiger partial charge is 0.253 e. The maximum atomic E-state index is 11.9. The number of nitrogens with zero attached hydrogens (tertiary/aromatic N) is 1. The summed E-state index contributed by atoms with van der Waals surface area (Å²) in [5.41, 5.74) is 10.0. The number of carbonyl (C=O) groups is 1. The molecule has 0 bridgehead atoms. The van der Waals surface area contributed by atoms with Crippen molar-refractivity contribution >= 4 is 38.9 Å². The molecule has 1 amide bonds. The molecule has 110 valence electrons. The van der Waals surface area contributed by atoms with Crippen molar-refractivity contribution in [1.29, 1.82) is 0 Å². The summed E-state index contributed by atoms with van der Waals surface area (Å²) in [5, 5.41) is 3.28. The number of anilines is 3. The molecule has 2 aromatic rings. The molecule has 0 aliphatic carbocycles. The maximum absolute atomic E-state index is 11.9. The molecular weight excluding hydrogens is 330 g/mol. The molecular formula is C16H18BrN3O. The third-order valence-electron chi connectivity index (χ3n) is 3.17. The van der Waals surface area contributed by atoms with E-state index >= 15 is 0 Å². The fraction of sp³-hybridized carbons (Fsp3) is 0.188. The number of benzene rings is 2. The highest BCUT2D eigenvalue weighted by molar-refractivity contribution is 9.10. The van der Waals surface area contributed by atoms with E-state index in [-0.39, 0.29) is 5.91 Å². The summed E-state index contributed by atoms with van der Waals surface area (Å²) in [4.78, 5) is 13.4. The number of nitrogens with two attached hydrogens (primary N) is 1. The Balaban J connectivity index is 2.30. The zero-order valence-electron chi connectivity index (χ0n) is 12.3. The summed E-state index contributed by atoms with van der Waals surface area (Å²) in [5.74, 6) is -0.0648. The molecule has 0 aromatic heterocycles. The van der Waals surface area contributed by atoms with Gasteiger partial charge in [-0.3, -0.25) is 4.79 Å². The summed E-state index contributed by atoms with van der Waals surface area (Å²) in [7, 11) is 3.43. The van der Waals surface area contributed by atoms with Gasteiger partial charge >= 0.3 is 0 Å². The maximum Gasteiger partial charge on any atom is 0.253 e. The first-order chi connectivity index (χ1) is 9.90. The van der Waals surface area contributed by atoms with Gasteiger partial charge in [-0.2, -0.15) is 0 Å². The standard InChI is InChI=1S/C16H18BrN3O/c1-10-5-4-6-14(15(10)17)19-13-8-7-11(9-12(13)18)16(21)20(2)3/h4-9,19H,18H2,1-3H3. The lowest BCUT2D eigenvalue weighted by molar-refractivity contribution is 0.0827. The van der Waals surface area contributed by atoms with Gasteiger partial charge in [-0.1, -0.05) is 12.1 Å². The number of hydrogen-bond acceptors (Lipinski definition) is 3. The van der Waals surface area contributed by atoms with Gasteiger partial charge in [0.2, 0.25) is 0 Å². The molecule has 0 fully saturated rings. The molecule has 2 rings (SSSR count). The van der Waals surface area contributed by atoms with Crippen LogP contribution in [0.1, 0.15) is 15.9 Å². The van der Waals surface area contributed by atoms with Gasteiger partial charge in [-0.05, 0) is 52.7 Å². The van der Waals surface area contributed by atoms with Crippen LogP contribution in [-0.2, 0) is 0 Å². The van der Waals surface area contributed by atoms with E-state index in [2.05, 4.69) is 21.2 Å². The van der Waals surface area contributed by atoms with E-state index in [1.54, 1.807) is 26.2 Å². The predicted octanol–water partition coefficient (Wildman–Crippen LogP) is 3.79. The number of hydrogen-bond donors (Lipinski definition) is 2. The van der Waals surface area contributed by atoms with E-state index in [1.807, 2.05) is 31.2 Å². The minimum absolute atomic E-state index is 0.0648. The van der Waals surface area contributed by atoms with Crippen LogP contribution >= 0.6 is 15.9 Å². The van der Waals surface area contributed by atoms with Gasteiger partial charge in [0.1, 0.15) is 0 Å². The largest absolute Gasteiger partial charge is 0.397 e. The summed E-state index contributed by atoms with van der Waals surface area (Å²) in [6.45, 7) is 2.03. The van der Waals surface area contributed by atoms with Crippen LogP contribution in [0.3, 0.4) is 0 Å².